The van der Waals surface area contributed by atoms with E-state index in [2.05, 4.69) is 15.6 Å². The van der Waals surface area contributed by atoms with E-state index >= 15 is 0 Å². The van der Waals surface area contributed by atoms with Crippen LogP contribution in [0.2, 0.25) is 0 Å². The molecule has 2 aromatic rings. The first-order valence-electron chi connectivity index (χ1n) is 6.18. The average molecular weight is 266 g/mol. The van der Waals surface area contributed by atoms with Gasteiger partial charge in [0.15, 0.2) is 11.6 Å². The molecule has 0 spiro atoms. The molecular formula is C13H16F2N4. The van der Waals surface area contributed by atoms with Crippen LogP contribution in [0.15, 0.2) is 24.4 Å². The molecule has 0 fully saturated rings. The Morgan fingerprint density at radius 1 is 1.37 bits per heavy atom. The van der Waals surface area contributed by atoms with Gasteiger partial charge in [0.1, 0.15) is 0 Å². The van der Waals surface area contributed by atoms with Crippen LogP contribution in [0.3, 0.4) is 0 Å². The Hall–Kier alpha value is -1.82. The number of halogens is 2. The molecule has 0 aliphatic rings. The second-order valence-corrected chi connectivity index (χ2v) is 4.25. The average Bonchev–Trinajstić information content (AvgIpc) is 2.84. The van der Waals surface area contributed by atoms with Crippen LogP contribution in [0.4, 0.5) is 8.78 Å². The molecular weight excluding hydrogens is 250 g/mol. The second-order valence-electron chi connectivity index (χ2n) is 4.25. The molecule has 102 valence electrons. The van der Waals surface area contributed by atoms with Crippen molar-refractivity contribution in [2.24, 2.45) is 0 Å². The normalized spacial score (nSPS) is 12.6. The zero-order valence-electron chi connectivity index (χ0n) is 10.9. The highest BCUT2D eigenvalue weighted by Crippen LogP contribution is 2.24. The number of rotatable bonds is 5. The quantitative estimate of drug-likeness (QED) is 0.902. The topological polar surface area (TPSA) is 42.7 Å². The van der Waals surface area contributed by atoms with Gasteiger partial charge in [-0.25, -0.2) is 13.5 Å². The molecule has 0 radical (unpaired) electrons. The van der Waals surface area contributed by atoms with Crippen molar-refractivity contribution in [3.05, 3.63) is 47.3 Å². The lowest BCUT2D eigenvalue weighted by atomic mass is 10.0. The fourth-order valence-corrected chi connectivity index (χ4v) is 2.08. The molecule has 1 atom stereocenters. The summed E-state index contributed by atoms with van der Waals surface area (Å²) in [5.41, 5.74) is 0.969. The highest BCUT2D eigenvalue weighted by Gasteiger charge is 2.22. The van der Waals surface area contributed by atoms with Crippen molar-refractivity contribution in [1.29, 1.82) is 0 Å². The Morgan fingerprint density at radius 2 is 2.16 bits per heavy atom. The van der Waals surface area contributed by atoms with Gasteiger partial charge in [-0.2, -0.15) is 0 Å². The van der Waals surface area contributed by atoms with Crippen LogP contribution in [0.1, 0.15) is 30.6 Å². The van der Waals surface area contributed by atoms with E-state index in [0.717, 1.165) is 12.5 Å². The van der Waals surface area contributed by atoms with Gasteiger partial charge in [0.25, 0.3) is 0 Å². The molecule has 0 aliphatic carbocycles. The summed E-state index contributed by atoms with van der Waals surface area (Å²) < 4.78 is 28.9. The predicted octanol–water partition coefficient (Wildman–Crippen LogP) is 2.28. The third kappa shape index (κ3) is 2.63. The van der Waals surface area contributed by atoms with Crippen molar-refractivity contribution in [1.82, 2.24) is 20.3 Å². The van der Waals surface area contributed by atoms with Gasteiger partial charge in [-0.3, -0.25) is 0 Å². The number of aryl methyl sites for hydroxylation is 1. The molecule has 1 N–H and O–H groups in total. The number of nitrogens with zero attached hydrogens (tertiary/aromatic N) is 3. The Labute approximate surface area is 110 Å². The maximum absolute atomic E-state index is 13.9. The van der Waals surface area contributed by atoms with Gasteiger partial charge < -0.3 is 5.32 Å². The van der Waals surface area contributed by atoms with Gasteiger partial charge in [0.05, 0.1) is 17.9 Å². The summed E-state index contributed by atoms with van der Waals surface area (Å²) in [6, 6.07) is 3.68. The fraction of sp³-hybridized carbons (Fsp3) is 0.385. The summed E-state index contributed by atoms with van der Waals surface area (Å²) >= 11 is 0. The summed E-state index contributed by atoms with van der Waals surface area (Å²) in [6.07, 6.45) is 2.46. The van der Waals surface area contributed by atoms with Crippen molar-refractivity contribution in [2.45, 2.75) is 25.9 Å². The third-order valence-electron chi connectivity index (χ3n) is 2.96. The van der Waals surface area contributed by atoms with Crippen LogP contribution in [-0.4, -0.2) is 22.0 Å². The smallest absolute Gasteiger partial charge is 0.163 e. The van der Waals surface area contributed by atoms with Gasteiger partial charge in [-0.1, -0.05) is 24.3 Å². The molecule has 2 rings (SSSR count). The summed E-state index contributed by atoms with van der Waals surface area (Å²) in [7, 11) is 1.69. The van der Waals surface area contributed by atoms with Crippen LogP contribution in [0.25, 0.3) is 0 Å². The molecule has 6 heteroatoms. The Balaban J connectivity index is 2.44. The maximum Gasteiger partial charge on any atom is 0.163 e. The minimum absolute atomic E-state index is 0.252. The molecule has 4 nitrogen and oxygen atoms in total. The summed E-state index contributed by atoms with van der Waals surface area (Å²) in [5, 5.41) is 10.8. The minimum atomic E-state index is -0.854. The zero-order chi connectivity index (χ0) is 13.8. The SMILES string of the molecule is CCCn1nncc1C(NC)c1cccc(F)c1F. The third-order valence-corrected chi connectivity index (χ3v) is 2.96. The zero-order valence-corrected chi connectivity index (χ0v) is 10.9. The lowest BCUT2D eigenvalue weighted by Crippen LogP contribution is -2.23. The van der Waals surface area contributed by atoms with Crippen LogP contribution in [-0.2, 0) is 6.54 Å². The van der Waals surface area contributed by atoms with E-state index in [4.69, 9.17) is 0 Å². The highest BCUT2D eigenvalue weighted by molar-refractivity contribution is 5.28. The maximum atomic E-state index is 13.9. The molecule has 0 bridgehead atoms. The van der Waals surface area contributed by atoms with Crippen molar-refractivity contribution >= 4 is 0 Å². The van der Waals surface area contributed by atoms with Crippen LogP contribution < -0.4 is 5.32 Å². The van der Waals surface area contributed by atoms with E-state index in [0.29, 0.717) is 12.2 Å². The molecule has 1 heterocycles. The molecule has 0 aliphatic heterocycles. The predicted molar refractivity (Wildman–Crippen MR) is 67.6 cm³/mol. The summed E-state index contributed by atoms with van der Waals surface area (Å²) in [5.74, 6) is -1.70. The van der Waals surface area contributed by atoms with Crippen LogP contribution in [0, 0.1) is 11.6 Å². The second kappa shape index (κ2) is 5.88. The van der Waals surface area contributed by atoms with Gasteiger partial charge >= 0.3 is 0 Å². The van der Waals surface area contributed by atoms with Crippen LogP contribution >= 0.6 is 0 Å². The molecule has 0 saturated heterocycles. The Kier molecular flexibility index (Phi) is 4.21. The van der Waals surface area contributed by atoms with Crippen molar-refractivity contribution < 1.29 is 8.78 Å². The van der Waals surface area contributed by atoms with E-state index in [-0.39, 0.29) is 5.56 Å². The number of nitrogens with one attached hydrogen (secondary N) is 1. The molecule has 1 aromatic carbocycles. The molecule has 19 heavy (non-hydrogen) atoms. The molecule has 0 amide bonds. The van der Waals surface area contributed by atoms with Gasteiger partial charge in [-0.15, -0.1) is 5.10 Å². The Bertz CT molecular complexity index is 553. The lowest BCUT2D eigenvalue weighted by molar-refractivity contribution is 0.473. The first-order valence-corrected chi connectivity index (χ1v) is 6.18. The largest absolute Gasteiger partial charge is 0.308 e. The number of benzene rings is 1. The van der Waals surface area contributed by atoms with E-state index in [1.807, 2.05) is 6.92 Å². The summed E-state index contributed by atoms with van der Waals surface area (Å²) in [4.78, 5) is 0. The van der Waals surface area contributed by atoms with Crippen molar-refractivity contribution in [3.8, 4) is 0 Å². The fourth-order valence-electron chi connectivity index (χ4n) is 2.08. The van der Waals surface area contributed by atoms with Gasteiger partial charge in [-0.05, 0) is 19.5 Å². The van der Waals surface area contributed by atoms with E-state index < -0.39 is 17.7 Å². The molecule has 1 unspecified atom stereocenters. The lowest BCUT2D eigenvalue weighted by Gasteiger charge is -2.18. The van der Waals surface area contributed by atoms with Gasteiger partial charge in [0.2, 0.25) is 0 Å². The molecule has 0 saturated carbocycles. The van der Waals surface area contributed by atoms with E-state index in [1.165, 1.54) is 6.07 Å². The van der Waals surface area contributed by atoms with E-state index in [9.17, 15) is 8.78 Å². The van der Waals surface area contributed by atoms with Crippen molar-refractivity contribution in [3.63, 3.8) is 0 Å². The van der Waals surface area contributed by atoms with Gasteiger partial charge in [0, 0.05) is 12.1 Å². The number of aromatic nitrogens is 3. The van der Waals surface area contributed by atoms with Crippen LogP contribution in [0.5, 0.6) is 0 Å². The summed E-state index contributed by atoms with van der Waals surface area (Å²) in [6.45, 7) is 2.70. The first kappa shape index (κ1) is 13.6. The number of hydrogen-bond acceptors (Lipinski definition) is 3. The van der Waals surface area contributed by atoms with E-state index in [1.54, 1.807) is 24.0 Å². The monoisotopic (exact) mass is 266 g/mol. The number of hydrogen-bond donors (Lipinski definition) is 1. The minimum Gasteiger partial charge on any atom is -0.308 e. The standard InChI is InChI=1S/C13H16F2N4/c1-3-7-19-11(8-17-18-19)13(16-2)9-5-4-6-10(14)12(9)15/h4-6,8,13,16H,3,7H2,1-2H3. The first-order chi connectivity index (χ1) is 9.19. The Morgan fingerprint density at radius 3 is 2.84 bits per heavy atom. The molecule has 1 aromatic heterocycles. The van der Waals surface area contributed by atoms with Crippen molar-refractivity contribution in [2.75, 3.05) is 7.05 Å². The highest BCUT2D eigenvalue weighted by atomic mass is 19.2.